The van der Waals surface area contributed by atoms with Gasteiger partial charge < -0.3 is 10.1 Å². The van der Waals surface area contributed by atoms with Gasteiger partial charge in [0.05, 0.1) is 0 Å². The van der Waals surface area contributed by atoms with Crippen LogP contribution in [0.2, 0.25) is 0 Å². The van der Waals surface area contributed by atoms with Crippen LogP contribution in [-0.4, -0.2) is 18.7 Å². The van der Waals surface area contributed by atoms with Gasteiger partial charge in [-0.2, -0.15) is 0 Å². The second-order valence-corrected chi connectivity index (χ2v) is 5.85. The van der Waals surface area contributed by atoms with Gasteiger partial charge in [0.15, 0.2) is 0 Å². The average Bonchev–Trinajstić information content (AvgIpc) is 2.31. The SMILES string of the molecule is CCCC(C)NCC(C)Oc1ccc(Br)cc1C. The second kappa shape index (κ2) is 7.80. The summed E-state index contributed by atoms with van der Waals surface area (Å²) in [5, 5.41) is 3.50. The predicted molar refractivity (Wildman–Crippen MR) is 81.3 cm³/mol. The molecule has 1 rings (SSSR count). The van der Waals surface area contributed by atoms with Crippen LogP contribution in [0.5, 0.6) is 5.75 Å². The zero-order valence-corrected chi connectivity index (χ0v) is 13.4. The minimum absolute atomic E-state index is 0.184. The van der Waals surface area contributed by atoms with E-state index in [1.807, 2.05) is 12.1 Å². The first kappa shape index (κ1) is 15.5. The minimum atomic E-state index is 0.184. The molecule has 0 radical (unpaired) electrons. The van der Waals surface area contributed by atoms with Crippen LogP contribution in [0.4, 0.5) is 0 Å². The highest BCUT2D eigenvalue weighted by molar-refractivity contribution is 9.10. The van der Waals surface area contributed by atoms with Crippen molar-refractivity contribution in [1.29, 1.82) is 0 Å². The van der Waals surface area contributed by atoms with Gasteiger partial charge in [0, 0.05) is 17.1 Å². The molecule has 0 aliphatic heterocycles. The Labute approximate surface area is 119 Å². The van der Waals surface area contributed by atoms with E-state index in [0.29, 0.717) is 6.04 Å². The molecule has 0 saturated heterocycles. The molecule has 0 aromatic heterocycles. The summed E-state index contributed by atoms with van der Waals surface area (Å²) >= 11 is 3.46. The molecule has 1 aromatic rings. The maximum Gasteiger partial charge on any atom is 0.122 e. The van der Waals surface area contributed by atoms with E-state index < -0.39 is 0 Å². The summed E-state index contributed by atoms with van der Waals surface area (Å²) in [6.07, 6.45) is 2.61. The molecule has 0 amide bonds. The number of ether oxygens (including phenoxy) is 1. The fourth-order valence-corrected chi connectivity index (χ4v) is 2.38. The van der Waals surface area contributed by atoms with Crippen LogP contribution in [0.15, 0.2) is 22.7 Å². The summed E-state index contributed by atoms with van der Waals surface area (Å²) in [4.78, 5) is 0. The van der Waals surface area contributed by atoms with Gasteiger partial charge in [-0.05, 0) is 51.0 Å². The highest BCUT2D eigenvalue weighted by Gasteiger charge is 2.08. The van der Waals surface area contributed by atoms with Crippen molar-refractivity contribution >= 4 is 15.9 Å². The third-order valence-electron chi connectivity index (χ3n) is 2.94. The lowest BCUT2D eigenvalue weighted by molar-refractivity contribution is 0.210. The summed E-state index contributed by atoms with van der Waals surface area (Å²) < 4.78 is 7.04. The van der Waals surface area contributed by atoms with Gasteiger partial charge >= 0.3 is 0 Å². The van der Waals surface area contributed by atoms with Crippen LogP contribution in [-0.2, 0) is 0 Å². The number of aryl methyl sites for hydroxylation is 1. The largest absolute Gasteiger partial charge is 0.489 e. The summed E-state index contributed by atoms with van der Waals surface area (Å²) in [6.45, 7) is 9.49. The molecule has 3 heteroatoms. The van der Waals surface area contributed by atoms with Crippen LogP contribution >= 0.6 is 15.9 Å². The third kappa shape index (κ3) is 5.40. The molecule has 0 fully saturated rings. The Balaban J connectivity index is 2.42. The van der Waals surface area contributed by atoms with Crippen molar-refractivity contribution in [3.63, 3.8) is 0 Å². The van der Waals surface area contributed by atoms with E-state index in [2.05, 4.69) is 55.0 Å². The molecule has 102 valence electrons. The predicted octanol–water partition coefficient (Wildman–Crippen LogP) is 4.30. The smallest absolute Gasteiger partial charge is 0.122 e. The maximum atomic E-state index is 5.95. The van der Waals surface area contributed by atoms with Gasteiger partial charge in [-0.1, -0.05) is 29.3 Å². The lowest BCUT2D eigenvalue weighted by Crippen LogP contribution is -2.35. The molecule has 1 aromatic carbocycles. The van der Waals surface area contributed by atoms with Crippen molar-refractivity contribution in [2.45, 2.75) is 52.7 Å². The van der Waals surface area contributed by atoms with E-state index in [1.165, 1.54) is 12.8 Å². The fourth-order valence-electron chi connectivity index (χ4n) is 1.91. The Morgan fingerprint density at radius 3 is 2.67 bits per heavy atom. The molecule has 2 nitrogen and oxygen atoms in total. The zero-order chi connectivity index (χ0) is 13.5. The molecule has 0 bridgehead atoms. The van der Waals surface area contributed by atoms with Crippen molar-refractivity contribution in [1.82, 2.24) is 5.32 Å². The number of benzene rings is 1. The van der Waals surface area contributed by atoms with Gasteiger partial charge in [-0.3, -0.25) is 0 Å². The minimum Gasteiger partial charge on any atom is -0.489 e. The lowest BCUT2D eigenvalue weighted by Gasteiger charge is -2.20. The van der Waals surface area contributed by atoms with E-state index in [1.54, 1.807) is 0 Å². The van der Waals surface area contributed by atoms with Crippen molar-refractivity contribution in [2.75, 3.05) is 6.54 Å². The molecule has 0 spiro atoms. The van der Waals surface area contributed by atoms with E-state index >= 15 is 0 Å². The molecule has 1 N–H and O–H groups in total. The highest BCUT2D eigenvalue weighted by Crippen LogP contribution is 2.23. The highest BCUT2D eigenvalue weighted by atomic mass is 79.9. The van der Waals surface area contributed by atoms with Crippen molar-refractivity contribution < 1.29 is 4.74 Å². The molecule has 0 aliphatic carbocycles. The molecule has 2 unspecified atom stereocenters. The van der Waals surface area contributed by atoms with Crippen LogP contribution in [0.3, 0.4) is 0 Å². The monoisotopic (exact) mass is 313 g/mol. The number of hydrogen-bond donors (Lipinski definition) is 1. The molecule has 2 atom stereocenters. The maximum absolute atomic E-state index is 5.95. The van der Waals surface area contributed by atoms with Crippen molar-refractivity contribution in [3.05, 3.63) is 28.2 Å². The van der Waals surface area contributed by atoms with Crippen LogP contribution in [0, 0.1) is 6.92 Å². The number of halogens is 1. The summed E-state index contributed by atoms with van der Waals surface area (Å²) in [6, 6.07) is 6.68. The zero-order valence-electron chi connectivity index (χ0n) is 11.8. The van der Waals surface area contributed by atoms with Crippen molar-refractivity contribution in [3.8, 4) is 5.75 Å². The molecule has 0 saturated carbocycles. The van der Waals surface area contributed by atoms with Gasteiger partial charge in [0.25, 0.3) is 0 Å². The van der Waals surface area contributed by atoms with Crippen LogP contribution < -0.4 is 10.1 Å². The second-order valence-electron chi connectivity index (χ2n) is 4.94. The Morgan fingerprint density at radius 2 is 2.06 bits per heavy atom. The van der Waals surface area contributed by atoms with Gasteiger partial charge in [0.2, 0.25) is 0 Å². The Kier molecular flexibility index (Phi) is 6.72. The first-order chi connectivity index (χ1) is 8.52. The summed E-state index contributed by atoms with van der Waals surface area (Å²) in [5.41, 5.74) is 1.16. The topological polar surface area (TPSA) is 21.3 Å². The summed E-state index contributed by atoms with van der Waals surface area (Å²) in [7, 11) is 0. The number of rotatable bonds is 7. The molecule has 0 aliphatic rings. The Morgan fingerprint density at radius 1 is 1.33 bits per heavy atom. The average molecular weight is 314 g/mol. The first-order valence-corrected chi connectivity index (χ1v) is 7.48. The molecule has 18 heavy (non-hydrogen) atoms. The van der Waals surface area contributed by atoms with Crippen LogP contribution in [0.25, 0.3) is 0 Å². The van der Waals surface area contributed by atoms with Gasteiger partial charge in [-0.15, -0.1) is 0 Å². The quantitative estimate of drug-likeness (QED) is 0.810. The van der Waals surface area contributed by atoms with Gasteiger partial charge in [-0.25, -0.2) is 0 Å². The molecule has 0 heterocycles. The van der Waals surface area contributed by atoms with Gasteiger partial charge in [0.1, 0.15) is 11.9 Å². The fraction of sp³-hybridized carbons (Fsp3) is 0.600. The standard InChI is InChI=1S/C15H24BrNO/c1-5-6-12(3)17-10-13(4)18-15-8-7-14(16)9-11(15)2/h7-9,12-13,17H,5-6,10H2,1-4H3. The Hall–Kier alpha value is -0.540. The number of nitrogens with one attached hydrogen (secondary N) is 1. The number of hydrogen-bond acceptors (Lipinski definition) is 2. The molecular formula is C15H24BrNO. The normalized spacial score (nSPS) is 14.3. The third-order valence-corrected chi connectivity index (χ3v) is 3.43. The Bertz CT molecular complexity index is 368. The van der Waals surface area contributed by atoms with E-state index in [4.69, 9.17) is 4.74 Å². The van der Waals surface area contributed by atoms with Crippen LogP contribution in [0.1, 0.15) is 39.2 Å². The molecular weight excluding hydrogens is 290 g/mol. The lowest BCUT2D eigenvalue weighted by atomic mass is 10.2. The van der Waals surface area contributed by atoms with E-state index in [-0.39, 0.29) is 6.10 Å². The van der Waals surface area contributed by atoms with E-state index in [9.17, 15) is 0 Å². The first-order valence-electron chi connectivity index (χ1n) is 6.69. The summed E-state index contributed by atoms with van der Waals surface area (Å²) in [5.74, 6) is 0.968. The van der Waals surface area contributed by atoms with Crippen molar-refractivity contribution in [2.24, 2.45) is 0 Å². The van der Waals surface area contributed by atoms with E-state index in [0.717, 1.165) is 22.3 Å².